The molecule has 6 nitrogen and oxygen atoms in total. The van der Waals surface area contributed by atoms with E-state index in [0.29, 0.717) is 5.56 Å². The van der Waals surface area contributed by atoms with Gasteiger partial charge in [0.2, 0.25) is 5.91 Å². The van der Waals surface area contributed by atoms with Crippen molar-refractivity contribution >= 4 is 12.0 Å². The molecular weight excluding hydrogens is 351 g/mol. The van der Waals surface area contributed by atoms with E-state index in [1.165, 1.54) is 43.1 Å². The number of aryl methyl sites for hydroxylation is 1. The Labute approximate surface area is 146 Å². The molecule has 0 aliphatic carbocycles. The molecule has 138 valence electrons. The molecule has 0 fully saturated rings. The number of alkyl halides is 3. The second kappa shape index (κ2) is 7.42. The van der Waals surface area contributed by atoms with Crippen LogP contribution in [0.5, 0.6) is 0 Å². The van der Waals surface area contributed by atoms with Crippen molar-refractivity contribution in [2.45, 2.75) is 12.7 Å². The minimum atomic E-state index is -4.41. The van der Waals surface area contributed by atoms with E-state index in [4.69, 9.17) is 0 Å². The van der Waals surface area contributed by atoms with E-state index >= 15 is 0 Å². The molecular formula is C17H16F3N3O3. The molecule has 0 bridgehead atoms. The number of benzene rings is 1. The Hall–Kier alpha value is -3.10. The third kappa shape index (κ3) is 4.50. The Morgan fingerprint density at radius 1 is 1.15 bits per heavy atom. The van der Waals surface area contributed by atoms with E-state index in [1.54, 1.807) is 0 Å². The van der Waals surface area contributed by atoms with Gasteiger partial charge in [-0.1, -0.05) is 12.1 Å². The van der Waals surface area contributed by atoms with Crippen LogP contribution in [0, 0.1) is 0 Å². The first-order chi connectivity index (χ1) is 12.1. The first kappa shape index (κ1) is 19.2. The summed E-state index contributed by atoms with van der Waals surface area (Å²) in [6.45, 7) is 0.0343. The maximum atomic E-state index is 12.5. The van der Waals surface area contributed by atoms with Gasteiger partial charge in [0.05, 0.1) is 11.1 Å². The van der Waals surface area contributed by atoms with Crippen LogP contribution in [0.1, 0.15) is 16.7 Å². The minimum absolute atomic E-state index is 0.0343. The molecule has 1 aromatic carbocycles. The molecule has 0 radical (unpaired) electrons. The number of halogens is 3. The second-order valence-electron chi connectivity index (χ2n) is 5.59. The summed E-state index contributed by atoms with van der Waals surface area (Å²) >= 11 is 0. The molecule has 2 rings (SSSR count). The maximum Gasteiger partial charge on any atom is 0.416 e. The molecule has 1 N–H and O–H groups in total. The number of carbonyl (C=O) groups excluding carboxylic acids is 1. The van der Waals surface area contributed by atoms with Gasteiger partial charge in [-0.3, -0.25) is 14.2 Å². The Bertz CT molecular complexity index is 954. The number of carbonyl (C=O) groups is 1. The fourth-order valence-electron chi connectivity index (χ4n) is 2.18. The Morgan fingerprint density at radius 3 is 2.35 bits per heavy atom. The van der Waals surface area contributed by atoms with E-state index in [0.717, 1.165) is 22.8 Å². The van der Waals surface area contributed by atoms with Gasteiger partial charge < -0.3 is 9.88 Å². The summed E-state index contributed by atoms with van der Waals surface area (Å²) in [4.78, 5) is 35.3. The average molecular weight is 367 g/mol. The summed E-state index contributed by atoms with van der Waals surface area (Å²) in [5, 5.41) is 2.50. The molecule has 9 heteroatoms. The lowest BCUT2D eigenvalue weighted by atomic mass is 10.1. The molecule has 1 aromatic heterocycles. The standard InChI is InChI=1S/C17H16F3N3O3/c1-22-10-12(15(25)23(2)16(22)26)5-8-14(24)21-9-11-3-6-13(7-4-11)17(18,19)20/h3-8,10H,9H2,1-2H3,(H,21,24)/b8-5+. The summed E-state index contributed by atoms with van der Waals surface area (Å²) in [5.41, 5.74) is -1.14. The molecule has 0 unspecified atom stereocenters. The van der Waals surface area contributed by atoms with Gasteiger partial charge in [-0.2, -0.15) is 13.2 Å². The molecule has 1 amide bonds. The fraction of sp³-hybridized carbons (Fsp3) is 0.235. The predicted octanol–water partition coefficient (Wildman–Crippen LogP) is 1.43. The molecule has 0 saturated heterocycles. The lowest BCUT2D eigenvalue weighted by molar-refractivity contribution is -0.137. The molecule has 2 aromatic rings. The van der Waals surface area contributed by atoms with Crippen molar-refractivity contribution in [2.75, 3.05) is 0 Å². The zero-order valence-corrected chi connectivity index (χ0v) is 14.0. The highest BCUT2D eigenvalue weighted by molar-refractivity contribution is 5.91. The van der Waals surface area contributed by atoms with E-state index in [-0.39, 0.29) is 12.1 Å². The molecule has 1 heterocycles. The first-order valence-corrected chi connectivity index (χ1v) is 7.48. The van der Waals surface area contributed by atoms with E-state index in [9.17, 15) is 27.6 Å². The highest BCUT2D eigenvalue weighted by Crippen LogP contribution is 2.28. The van der Waals surface area contributed by atoms with Crippen LogP contribution in [-0.2, 0) is 31.6 Å². The van der Waals surface area contributed by atoms with E-state index < -0.39 is 28.9 Å². The zero-order chi connectivity index (χ0) is 19.5. The Morgan fingerprint density at radius 2 is 1.77 bits per heavy atom. The van der Waals surface area contributed by atoms with Crippen LogP contribution in [-0.4, -0.2) is 15.0 Å². The molecule has 0 aliphatic heterocycles. The molecule has 0 saturated carbocycles. The lowest BCUT2D eigenvalue weighted by Crippen LogP contribution is -2.37. The zero-order valence-electron chi connectivity index (χ0n) is 14.0. The molecule has 26 heavy (non-hydrogen) atoms. The number of rotatable bonds is 4. The van der Waals surface area contributed by atoms with Crippen LogP contribution in [0.15, 0.2) is 46.1 Å². The van der Waals surface area contributed by atoms with Gasteiger partial charge in [-0.15, -0.1) is 0 Å². The number of amides is 1. The summed E-state index contributed by atoms with van der Waals surface area (Å²) in [6, 6.07) is 4.42. The maximum absolute atomic E-state index is 12.5. The summed E-state index contributed by atoms with van der Waals surface area (Å²) in [6.07, 6.45) is -0.716. The van der Waals surface area contributed by atoms with Crippen molar-refractivity contribution in [2.24, 2.45) is 14.1 Å². The highest BCUT2D eigenvalue weighted by Gasteiger charge is 2.29. The quantitative estimate of drug-likeness (QED) is 0.831. The summed E-state index contributed by atoms with van der Waals surface area (Å²) in [7, 11) is 2.80. The number of hydrogen-bond donors (Lipinski definition) is 1. The largest absolute Gasteiger partial charge is 0.416 e. The lowest BCUT2D eigenvalue weighted by Gasteiger charge is -2.08. The number of nitrogens with zero attached hydrogens (tertiary/aromatic N) is 2. The number of nitrogens with one attached hydrogen (secondary N) is 1. The van der Waals surface area contributed by atoms with Crippen molar-refractivity contribution in [3.05, 3.63) is 74.1 Å². The van der Waals surface area contributed by atoms with Crippen molar-refractivity contribution < 1.29 is 18.0 Å². The third-order valence-corrected chi connectivity index (χ3v) is 3.64. The Kier molecular flexibility index (Phi) is 5.49. The second-order valence-corrected chi connectivity index (χ2v) is 5.59. The minimum Gasteiger partial charge on any atom is -0.348 e. The summed E-state index contributed by atoms with van der Waals surface area (Å²) < 4.78 is 39.6. The van der Waals surface area contributed by atoms with Crippen LogP contribution < -0.4 is 16.6 Å². The fourth-order valence-corrected chi connectivity index (χ4v) is 2.18. The van der Waals surface area contributed by atoms with Gasteiger partial charge in [0.1, 0.15) is 0 Å². The van der Waals surface area contributed by atoms with Crippen LogP contribution >= 0.6 is 0 Å². The Balaban J connectivity index is 2.02. The van der Waals surface area contributed by atoms with Gasteiger partial charge >= 0.3 is 11.9 Å². The average Bonchev–Trinajstić information content (AvgIpc) is 2.59. The van der Waals surface area contributed by atoms with Crippen molar-refractivity contribution in [1.29, 1.82) is 0 Å². The molecule has 0 aliphatic rings. The van der Waals surface area contributed by atoms with Crippen molar-refractivity contribution in [1.82, 2.24) is 14.5 Å². The van der Waals surface area contributed by atoms with Crippen LogP contribution in [0.25, 0.3) is 6.08 Å². The van der Waals surface area contributed by atoms with Gasteiger partial charge in [0, 0.05) is 32.9 Å². The normalized spacial score (nSPS) is 11.7. The third-order valence-electron chi connectivity index (χ3n) is 3.64. The predicted molar refractivity (Wildman–Crippen MR) is 89.2 cm³/mol. The SMILES string of the molecule is Cn1cc(/C=C/C(=O)NCc2ccc(C(F)(F)F)cc2)c(=O)n(C)c1=O. The van der Waals surface area contributed by atoms with Crippen LogP contribution in [0.2, 0.25) is 0 Å². The summed E-state index contributed by atoms with van der Waals surface area (Å²) in [5.74, 6) is -0.527. The highest BCUT2D eigenvalue weighted by atomic mass is 19.4. The molecule has 0 atom stereocenters. The van der Waals surface area contributed by atoms with Crippen LogP contribution in [0.3, 0.4) is 0 Å². The van der Waals surface area contributed by atoms with Gasteiger partial charge in [-0.05, 0) is 23.8 Å². The number of aromatic nitrogens is 2. The topological polar surface area (TPSA) is 73.1 Å². The smallest absolute Gasteiger partial charge is 0.348 e. The van der Waals surface area contributed by atoms with E-state index in [2.05, 4.69) is 5.32 Å². The monoisotopic (exact) mass is 367 g/mol. The first-order valence-electron chi connectivity index (χ1n) is 7.48. The van der Waals surface area contributed by atoms with Crippen LogP contribution in [0.4, 0.5) is 13.2 Å². The molecule has 0 spiro atoms. The van der Waals surface area contributed by atoms with Gasteiger partial charge in [0.15, 0.2) is 0 Å². The van der Waals surface area contributed by atoms with E-state index in [1.807, 2.05) is 0 Å². The van der Waals surface area contributed by atoms with Gasteiger partial charge in [0.25, 0.3) is 5.56 Å². The van der Waals surface area contributed by atoms with Gasteiger partial charge in [-0.25, -0.2) is 4.79 Å². The van der Waals surface area contributed by atoms with Crippen molar-refractivity contribution in [3.8, 4) is 0 Å². The van der Waals surface area contributed by atoms with Crippen molar-refractivity contribution in [3.63, 3.8) is 0 Å². The number of hydrogen-bond acceptors (Lipinski definition) is 3.